The van der Waals surface area contributed by atoms with Crippen LogP contribution in [0.25, 0.3) is 0 Å². The van der Waals surface area contributed by atoms with Crippen molar-refractivity contribution in [2.24, 2.45) is 16.6 Å². The van der Waals surface area contributed by atoms with E-state index in [1.807, 2.05) is 34.6 Å². The summed E-state index contributed by atoms with van der Waals surface area (Å²) in [7, 11) is -3.16. The Morgan fingerprint density at radius 2 is 1.88 bits per heavy atom. The van der Waals surface area contributed by atoms with Gasteiger partial charge >= 0.3 is 0 Å². The van der Waals surface area contributed by atoms with Gasteiger partial charge in [0.05, 0.1) is 5.75 Å². The van der Waals surface area contributed by atoms with Gasteiger partial charge in [0.1, 0.15) is 0 Å². The normalized spacial score (nSPS) is 27.1. The van der Waals surface area contributed by atoms with Crippen molar-refractivity contribution in [2.45, 2.75) is 47.1 Å². The minimum atomic E-state index is -3.16. The van der Waals surface area contributed by atoms with E-state index in [0.29, 0.717) is 13.1 Å². The number of nitrogens with two attached hydrogens (primary N) is 1. The largest absolute Gasteiger partial charge is 0.327 e. The maximum atomic E-state index is 12.3. The standard InChI is InChI=1S/C12H26N2O2S/c1-11(2,3)9-17(15,16)14-7-6-10(13)12(4,5)8-14/h10H,6-9,13H2,1-5H3. The molecule has 0 bridgehead atoms. The van der Waals surface area contributed by atoms with E-state index in [0.717, 1.165) is 6.42 Å². The van der Waals surface area contributed by atoms with Gasteiger partial charge in [0.2, 0.25) is 10.0 Å². The number of rotatable bonds is 2. The Morgan fingerprint density at radius 3 is 2.29 bits per heavy atom. The number of sulfonamides is 1. The maximum Gasteiger partial charge on any atom is 0.214 e. The highest BCUT2D eigenvalue weighted by Gasteiger charge is 2.39. The lowest BCUT2D eigenvalue weighted by Crippen LogP contribution is -2.54. The average Bonchev–Trinajstić information content (AvgIpc) is 2.05. The molecule has 0 spiro atoms. The Balaban J connectivity index is 2.81. The Labute approximate surface area is 106 Å². The van der Waals surface area contributed by atoms with Crippen molar-refractivity contribution >= 4 is 10.0 Å². The molecule has 102 valence electrons. The van der Waals surface area contributed by atoms with Crippen LogP contribution in [0.2, 0.25) is 0 Å². The number of piperidine rings is 1. The maximum absolute atomic E-state index is 12.3. The van der Waals surface area contributed by atoms with Gasteiger partial charge in [-0.15, -0.1) is 0 Å². The van der Waals surface area contributed by atoms with E-state index in [1.54, 1.807) is 4.31 Å². The molecule has 1 fully saturated rings. The molecule has 1 atom stereocenters. The summed E-state index contributed by atoms with van der Waals surface area (Å²) in [6.45, 7) is 11.0. The third-order valence-corrected chi connectivity index (χ3v) is 5.62. The highest BCUT2D eigenvalue weighted by atomic mass is 32.2. The summed E-state index contributed by atoms with van der Waals surface area (Å²) in [5, 5.41) is 0. The summed E-state index contributed by atoms with van der Waals surface area (Å²) in [6, 6.07) is 0.0867. The van der Waals surface area contributed by atoms with Crippen LogP contribution < -0.4 is 5.73 Å². The monoisotopic (exact) mass is 262 g/mol. The summed E-state index contributed by atoms with van der Waals surface area (Å²) < 4.78 is 26.2. The summed E-state index contributed by atoms with van der Waals surface area (Å²) in [6.07, 6.45) is 0.746. The third kappa shape index (κ3) is 3.93. The van der Waals surface area contributed by atoms with Crippen LogP contribution in [-0.4, -0.2) is 37.6 Å². The highest BCUT2D eigenvalue weighted by Crippen LogP contribution is 2.30. The van der Waals surface area contributed by atoms with Gasteiger partial charge in [0, 0.05) is 19.1 Å². The molecule has 4 nitrogen and oxygen atoms in total. The van der Waals surface area contributed by atoms with Crippen molar-refractivity contribution in [3.63, 3.8) is 0 Å². The Morgan fingerprint density at radius 1 is 1.35 bits per heavy atom. The van der Waals surface area contributed by atoms with E-state index in [2.05, 4.69) is 0 Å². The van der Waals surface area contributed by atoms with Gasteiger partial charge in [-0.2, -0.15) is 0 Å². The fraction of sp³-hybridized carbons (Fsp3) is 1.00. The molecule has 1 aliphatic rings. The van der Waals surface area contributed by atoms with Gasteiger partial charge in [0.15, 0.2) is 0 Å². The minimum Gasteiger partial charge on any atom is -0.327 e. The Bertz CT molecular complexity index is 368. The molecule has 17 heavy (non-hydrogen) atoms. The van der Waals surface area contributed by atoms with E-state index in [9.17, 15) is 8.42 Å². The molecule has 1 saturated heterocycles. The molecule has 0 aromatic carbocycles. The van der Waals surface area contributed by atoms with Gasteiger partial charge < -0.3 is 5.73 Å². The first kappa shape index (κ1) is 14.9. The lowest BCUT2D eigenvalue weighted by Gasteiger charge is -2.42. The molecule has 0 radical (unpaired) electrons. The van der Waals surface area contributed by atoms with E-state index >= 15 is 0 Å². The molecule has 5 heteroatoms. The van der Waals surface area contributed by atoms with Gasteiger partial charge in [-0.3, -0.25) is 0 Å². The molecule has 2 N–H and O–H groups in total. The third-order valence-electron chi connectivity index (χ3n) is 3.29. The van der Waals surface area contributed by atoms with Crippen molar-refractivity contribution in [2.75, 3.05) is 18.8 Å². The molecule has 1 aliphatic heterocycles. The second-order valence-electron chi connectivity index (χ2n) is 7.03. The fourth-order valence-electron chi connectivity index (χ4n) is 2.20. The lowest BCUT2D eigenvalue weighted by molar-refractivity contribution is 0.154. The molecule has 0 aromatic heterocycles. The molecular formula is C12H26N2O2S. The first-order chi connectivity index (χ1) is 7.44. The zero-order valence-electron chi connectivity index (χ0n) is 11.7. The summed E-state index contributed by atoms with van der Waals surface area (Å²) in [4.78, 5) is 0. The second kappa shape index (κ2) is 4.52. The predicted octanol–water partition coefficient (Wildman–Crippen LogP) is 1.42. The van der Waals surface area contributed by atoms with Crippen molar-refractivity contribution in [3.8, 4) is 0 Å². The summed E-state index contributed by atoms with van der Waals surface area (Å²) in [5.74, 6) is 0.200. The van der Waals surface area contributed by atoms with Crippen molar-refractivity contribution in [1.29, 1.82) is 0 Å². The van der Waals surface area contributed by atoms with E-state index in [4.69, 9.17) is 5.73 Å². The van der Waals surface area contributed by atoms with E-state index < -0.39 is 10.0 Å². The van der Waals surface area contributed by atoms with Crippen LogP contribution in [-0.2, 0) is 10.0 Å². The number of nitrogens with zero attached hydrogens (tertiary/aromatic N) is 1. The number of hydrogen-bond acceptors (Lipinski definition) is 3. The minimum absolute atomic E-state index is 0.0867. The number of hydrogen-bond donors (Lipinski definition) is 1. The first-order valence-corrected chi connectivity index (χ1v) is 7.78. The van der Waals surface area contributed by atoms with E-state index in [-0.39, 0.29) is 22.6 Å². The molecule has 1 rings (SSSR count). The fourth-order valence-corrected chi connectivity index (χ4v) is 4.39. The van der Waals surface area contributed by atoms with Gasteiger partial charge in [-0.25, -0.2) is 12.7 Å². The van der Waals surface area contributed by atoms with Gasteiger partial charge in [-0.05, 0) is 17.3 Å². The highest BCUT2D eigenvalue weighted by molar-refractivity contribution is 7.89. The molecule has 1 heterocycles. The van der Waals surface area contributed by atoms with Crippen LogP contribution in [0.3, 0.4) is 0 Å². The average molecular weight is 262 g/mol. The Hall–Kier alpha value is -0.130. The SMILES string of the molecule is CC(C)(C)CS(=O)(=O)N1CCC(N)C(C)(C)C1. The smallest absolute Gasteiger partial charge is 0.214 e. The van der Waals surface area contributed by atoms with Crippen molar-refractivity contribution in [3.05, 3.63) is 0 Å². The van der Waals surface area contributed by atoms with Crippen LogP contribution in [0.5, 0.6) is 0 Å². The first-order valence-electron chi connectivity index (χ1n) is 6.17. The van der Waals surface area contributed by atoms with Crippen LogP contribution in [0.4, 0.5) is 0 Å². The van der Waals surface area contributed by atoms with Crippen molar-refractivity contribution < 1.29 is 8.42 Å². The predicted molar refractivity (Wildman–Crippen MR) is 71.2 cm³/mol. The van der Waals surface area contributed by atoms with Gasteiger partial charge in [-0.1, -0.05) is 34.6 Å². The van der Waals surface area contributed by atoms with Crippen LogP contribution in [0, 0.1) is 10.8 Å². The lowest BCUT2D eigenvalue weighted by atomic mass is 9.81. The molecule has 1 unspecified atom stereocenters. The molecule has 0 amide bonds. The van der Waals surface area contributed by atoms with Crippen LogP contribution in [0.1, 0.15) is 41.0 Å². The molecule has 0 aliphatic carbocycles. The zero-order valence-corrected chi connectivity index (χ0v) is 12.5. The summed E-state index contributed by atoms with van der Waals surface area (Å²) in [5.41, 5.74) is 5.68. The zero-order chi connectivity index (χ0) is 13.5. The van der Waals surface area contributed by atoms with E-state index in [1.165, 1.54) is 0 Å². The Kier molecular flexibility index (Phi) is 3.97. The van der Waals surface area contributed by atoms with Crippen LogP contribution in [0.15, 0.2) is 0 Å². The molecular weight excluding hydrogens is 236 g/mol. The van der Waals surface area contributed by atoms with Crippen LogP contribution >= 0.6 is 0 Å². The quantitative estimate of drug-likeness (QED) is 0.818. The molecule has 0 saturated carbocycles. The van der Waals surface area contributed by atoms with Gasteiger partial charge in [0.25, 0.3) is 0 Å². The van der Waals surface area contributed by atoms with Crippen molar-refractivity contribution in [1.82, 2.24) is 4.31 Å². The topological polar surface area (TPSA) is 63.4 Å². The summed E-state index contributed by atoms with van der Waals surface area (Å²) >= 11 is 0. The molecule has 0 aromatic rings. The second-order valence-corrected chi connectivity index (χ2v) is 9.00.